The van der Waals surface area contributed by atoms with Gasteiger partial charge in [-0.25, -0.2) is 0 Å². The molecule has 1 atom stereocenters. The molecule has 1 aliphatic rings. The van der Waals surface area contributed by atoms with E-state index in [1.165, 1.54) is 46.0 Å². The maximum atomic E-state index is 3.64. The molecule has 0 aromatic heterocycles. The minimum Gasteiger partial charge on any atom is -0.309 e. The van der Waals surface area contributed by atoms with Gasteiger partial charge in [-0.2, -0.15) is 0 Å². The number of benzene rings is 2. The molecular formula is C19H22BrN. The van der Waals surface area contributed by atoms with Crippen molar-refractivity contribution < 1.29 is 0 Å². The highest BCUT2D eigenvalue weighted by Gasteiger charge is 2.20. The van der Waals surface area contributed by atoms with Gasteiger partial charge in [0.25, 0.3) is 0 Å². The molecule has 0 aliphatic heterocycles. The van der Waals surface area contributed by atoms with Crippen LogP contribution in [0.4, 0.5) is 0 Å². The van der Waals surface area contributed by atoms with Crippen LogP contribution < -0.4 is 5.32 Å². The van der Waals surface area contributed by atoms with Crippen LogP contribution in [0, 0.1) is 6.92 Å². The first kappa shape index (κ1) is 14.8. The van der Waals surface area contributed by atoms with Crippen LogP contribution in [-0.2, 0) is 0 Å². The van der Waals surface area contributed by atoms with E-state index in [2.05, 4.69) is 70.6 Å². The lowest BCUT2D eigenvalue weighted by Crippen LogP contribution is -2.19. The molecule has 0 bridgehead atoms. The fraction of sp³-hybridized carbons (Fsp3) is 0.368. The molecule has 2 aromatic rings. The van der Waals surface area contributed by atoms with Gasteiger partial charge >= 0.3 is 0 Å². The van der Waals surface area contributed by atoms with E-state index in [-0.39, 0.29) is 6.04 Å². The predicted octanol–water partition coefficient (Wildman–Crippen LogP) is 5.33. The maximum absolute atomic E-state index is 3.64. The zero-order valence-corrected chi connectivity index (χ0v) is 14.3. The number of hydrogen-bond donors (Lipinski definition) is 1. The SMILES string of the molecule is CNC(c1ccc(C2CCC2)cc1)c1cccc(Br)c1C. The van der Waals surface area contributed by atoms with E-state index in [0.29, 0.717) is 0 Å². The molecule has 0 saturated heterocycles. The maximum Gasteiger partial charge on any atom is 0.0577 e. The van der Waals surface area contributed by atoms with Crippen molar-refractivity contribution in [3.8, 4) is 0 Å². The van der Waals surface area contributed by atoms with Gasteiger partial charge in [0.1, 0.15) is 0 Å². The summed E-state index contributed by atoms with van der Waals surface area (Å²) < 4.78 is 1.17. The lowest BCUT2D eigenvalue weighted by atomic mass is 9.79. The molecule has 110 valence electrons. The summed E-state index contributed by atoms with van der Waals surface area (Å²) in [5.41, 5.74) is 5.48. The summed E-state index contributed by atoms with van der Waals surface area (Å²) in [6, 6.07) is 15.9. The van der Waals surface area contributed by atoms with Crippen molar-refractivity contribution in [2.45, 2.75) is 38.1 Å². The fourth-order valence-electron chi connectivity index (χ4n) is 3.14. The summed E-state index contributed by atoms with van der Waals surface area (Å²) in [6.45, 7) is 2.17. The Morgan fingerprint density at radius 1 is 1.10 bits per heavy atom. The second-order valence-electron chi connectivity index (χ2n) is 5.97. The summed E-state index contributed by atoms with van der Waals surface area (Å²) in [6.07, 6.45) is 4.11. The lowest BCUT2D eigenvalue weighted by molar-refractivity contribution is 0.419. The van der Waals surface area contributed by atoms with Gasteiger partial charge in [-0.1, -0.05) is 58.7 Å². The van der Waals surface area contributed by atoms with Crippen LogP contribution in [0.5, 0.6) is 0 Å². The number of rotatable bonds is 4. The molecular weight excluding hydrogens is 322 g/mol. The standard InChI is InChI=1S/C19H22BrN/c1-13-17(7-4-8-18(13)20)19(21-2)16-11-9-15(10-12-16)14-5-3-6-14/h4,7-12,14,19,21H,3,5-6H2,1-2H3. The molecule has 1 saturated carbocycles. The largest absolute Gasteiger partial charge is 0.309 e. The Morgan fingerprint density at radius 2 is 1.81 bits per heavy atom. The highest BCUT2D eigenvalue weighted by atomic mass is 79.9. The van der Waals surface area contributed by atoms with Crippen LogP contribution in [0.3, 0.4) is 0 Å². The van der Waals surface area contributed by atoms with Crippen molar-refractivity contribution in [1.29, 1.82) is 0 Å². The zero-order chi connectivity index (χ0) is 14.8. The molecule has 3 rings (SSSR count). The zero-order valence-electron chi connectivity index (χ0n) is 12.7. The van der Waals surface area contributed by atoms with Crippen LogP contribution in [0.2, 0.25) is 0 Å². The highest BCUT2D eigenvalue weighted by Crippen LogP contribution is 2.37. The van der Waals surface area contributed by atoms with Gasteiger partial charge in [0.2, 0.25) is 0 Å². The van der Waals surface area contributed by atoms with Gasteiger partial charge in [0.15, 0.2) is 0 Å². The van der Waals surface area contributed by atoms with Crippen molar-refractivity contribution >= 4 is 15.9 Å². The van der Waals surface area contributed by atoms with E-state index in [1.54, 1.807) is 0 Å². The van der Waals surface area contributed by atoms with Crippen LogP contribution in [0.25, 0.3) is 0 Å². The van der Waals surface area contributed by atoms with Crippen molar-refractivity contribution in [2.24, 2.45) is 0 Å². The molecule has 1 aliphatic carbocycles. The van der Waals surface area contributed by atoms with Crippen molar-refractivity contribution in [3.05, 3.63) is 69.2 Å². The fourth-order valence-corrected chi connectivity index (χ4v) is 3.52. The summed E-state index contributed by atoms with van der Waals surface area (Å²) in [7, 11) is 2.03. The number of halogens is 1. The van der Waals surface area contributed by atoms with Gasteiger partial charge in [-0.05, 0) is 61.1 Å². The van der Waals surface area contributed by atoms with Gasteiger partial charge in [0, 0.05) is 4.47 Å². The van der Waals surface area contributed by atoms with Crippen molar-refractivity contribution in [2.75, 3.05) is 7.05 Å². The Balaban J connectivity index is 1.90. The molecule has 21 heavy (non-hydrogen) atoms. The molecule has 0 amide bonds. The smallest absolute Gasteiger partial charge is 0.0577 e. The quantitative estimate of drug-likeness (QED) is 0.790. The van der Waals surface area contributed by atoms with E-state index in [0.717, 1.165) is 5.92 Å². The third-order valence-electron chi connectivity index (χ3n) is 4.76. The first-order valence-electron chi connectivity index (χ1n) is 7.73. The van der Waals surface area contributed by atoms with Crippen molar-refractivity contribution in [1.82, 2.24) is 5.32 Å². The molecule has 0 heterocycles. The molecule has 1 N–H and O–H groups in total. The second kappa shape index (κ2) is 6.33. The molecule has 1 fully saturated rings. The van der Waals surface area contributed by atoms with Crippen LogP contribution in [0.15, 0.2) is 46.9 Å². The van der Waals surface area contributed by atoms with E-state index in [1.807, 2.05) is 7.05 Å². The Kier molecular flexibility index (Phi) is 4.46. The van der Waals surface area contributed by atoms with Crippen LogP contribution in [-0.4, -0.2) is 7.05 Å². The Labute approximate surface area is 135 Å². The minimum atomic E-state index is 0.248. The normalized spacial score (nSPS) is 16.5. The van der Waals surface area contributed by atoms with E-state index < -0.39 is 0 Å². The van der Waals surface area contributed by atoms with Crippen LogP contribution in [0.1, 0.15) is 53.5 Å². The second-order valence-corrected chi connectivity index (χ2v) is 6.82. The van der Waals surface area contributed by atoms with E-state index in [4.69, 9.17) is 0 Å². The lowest BCUT2D eigenvalue weighted by Gasteiger charge is -2.26. The van der Waals surface area contributed by atoms with E-state index in [9.17, 15) is 0 Å². The van der Waals surface area contributed by atoms with Gasteiger partial charge in [0.05, 0.1) is 6.04 Å². The predicted molar refractivity (Wildman–Crippen MR) is 92.8 cm³/mol. The first-order chi connectivity index (χ1) is 10.2. The van der Waals surface area contributed by atoms with Gasteiger partial charge in [-0.15, -0.1) is 0 Å². The average Bonchev–Trinajstić information content (AvgIpc) is 2.44. The third kappa shape index (κ3) is 2.93. The molecule has 2 heteroatoms. The molecule has 1 unspecified atom stereocenters. The van der Waals surface area contributed by atoms with Gasteiger partial charge in [-0.3, -0.25) is 0 Å². The monoisotopic (exact) mass is 343 g/mol. The average molecular weight is 344 g/mol. The number of nitrogens with one attached hydrogen (secondary N) is 1. The van der Waals surface area contributed by atoms with Crippen molar-refractivity contribution in [3.63, 3.8) is 0 Å². The molecule has 0 radical (unpaired) electrons. The minimum absolute atomic E-state index is 0.248. The highest BCUT2D eigenvalue weighted by molar-refractivity contribution is 9.10. The topological polar surface area (TPSA) is 12.0 Å². The molecule has 1 nitrogen and oxygen atoms in total. The number of hydrogen-bond acceptors (Lipinski definition) is 1. The Hall–Kier alpha value is -1.12. The summed E-state index contributed by atoms with van der Waals surface area (Å²) in [4.78, 5) is 0. The Bertz CT molecular complexity index is 614. The summed E-state index contributed by atoms with van der Waals surface area (Å²) >= 11 is 3.64. The first-order valence-corrected chi connectivity index (χ1v) is 8.52. The van der Waals surface area contributed by atoms with Gasteiger partial charge < -0.3 is 5.32 Å². The van der Waals surface area contributed by atoms with E-state index >= 15 is 0 Å². The third-order valence-corrected chi connectivity index (χ3v) is 5.61. The van der Waals surface area contributed by atoms with Crippen LogP contribution >= 0.6 is 15.9 Å². The molecule has 0 spiro atoms. The molecule has 2 aromatic carbocycles. The summed E-state index contributed by atoms with van der Waals surface area (Å²) in [5.74, 6) is 0.805. The summed E-state index contributed by atoms with van der Waals surface area (Å²) in [5, 5.41) is 3.46. The Morgan fingerprint density at radius 3 is 2.38 bits per heavy atom.